The summed E-state index contributed by atoms with van der Waals surface area (Å²) >= 11 is 6.55. The summed E-state index contributed by atoms with van der Waals surface area (Å²) in [4.78, 5) is 2.18. The van der Waals surface area contributed by atoms with Crippen LogP contribution < -0.4 is 9.47 Å². The summed E-state index contributed by atoms with van der Waals surface area (Å²) in [6.07, 6.45) is -0.473. The van der Waals surface area contributed by atoms with Crippen LogP contribution in [0.1, 0.15) is 29.7 Å². The Hall–Kier alpha value is -3.22. The van der Waals surface area contributed by atoms with Gasteiger partial charge in [0.15, 0.2) is 0 Å². The zero-order valence-corrected chi connectivity index (χ0v) is 20.1. The third-order valence-corrected chi connectivity index (χ3v) is 6.96. The lowest BCUT2D eigenvalue weighted by Crippen LogP contribution is -2.49. The van der Waals surface area contributed by atoms with Crippen molar-refractivity contribution in [2.75, 3.05) is 32.9 Å². The molecule has 1 atom stereocenters. The summed E-state index contributed by atoms with van der Waals surface area (Å²) < 4.78 is 24.9. The highest BCUT2D eigenvalue weighted by atomic mass is 35.5. The molecule has 3 aromatic carbocycles. The molecule has 2 heterocycles. The van der Waals surface area contributed by atoms with Gasteiger partial charge in [0.1, 0.15) is 35.7 Å². The van der Waals surface area contributed by atoms with Gasteiger partial charge in [-0.3, -0.25) is 9.29 Å². The summed E-state index contributed by atoms with van der Waals surface area (Å²) in [5.41, 5.74) is 4.07. The van der Waals surface area contributed by atoms with E-state index in [1.165, 1.54) is 0 Å². The van der Waals surface area contributed by atoms with Gasteiger partial charge in [0.2, 0.25) is 0 Å². The molecule has 0 aliphatic carbocycles. The average Bonchev–Trinajstić information content (AvgIpc) is 2.83. The molecule has 0 radical (unpaired) electrons. The molecular formula is C28H27ClFNO4. The summed E-state index contributed by atoms with van der Waals surface area (Å²) in [6, 6.07) is 17.6. The summed E-state index contributed by atoms with van der Waals surface area (Å²) in [7, 11) is 0. The van der Waals surface area contributed by atoms with E-state index in [1.54, 1.807) is 36.4 Å². The number of halogens is 2. The van der Waals surface area contributed by atoms with E-state index in [0.717, 1.165) is 47.7 Å². The van der Waals surface area contributed by atoms with Crippen LogP contribution in [0.4, 0.5) is 4.39 Å². The highest BCUT2D eigenvalue weighted by molar-refractivity contribution is 6.32. The van der Waals surface area contributed by atoms with E-state index in [9.17, 15) is 14.6 Å². The molecule has 0 unspecified atom stereocenters. The van der Waals surface area contributed by atoms with Crippen molar-refractivity contribution in [3.8, 4) is 23.0 Å². The maximum atomic E-state index is 12.6. The van der Waals surface area contributed by atoms with Gasteiger partial charge in [-0.1, -0.05) is 23.7 Å². The molecule has 35 heavy (non-hydrogen) atoms. The number of aromatic hydroxyl groups is 2. The molecule has 2 aliphatic rings. The Kier molecular flexibility index (Phi) is 6.58. The van der Waals surface area contributed by atoms with Crippen LogP contribution >= 0.6 is 11.6 Å². The Morgan fingerprint density at radius 2 is 1.69 bits per heavy atom. The maximum absolute atomic E-state index is 12.6. The topological polar surface area (TPSA) is 62.2 Å². The van der Waals surface area contributed by atoms with Crippen LogP contribution in [0.5, 0.6) is 23.0 Å². The largest absolute Gasteiger partial charge is 0.508 e. The molecular weight excluding hydrogens is 469 g/mol. The van der Waals surface area contributed by atoms with Gasteiger partial charge in [0, 0.05) is 47.3 Å². The molecule has 182 valence electrons. The van der Waals surface area contributed by atoms with Crippen LogP contribution in [-0.4, -0.2) is 48.0 Å². The summed E-state index contributed by atoms with van der Waals surface area (Å²) in [6.45, 7) is 4.61. The highest BCUT2D eigenvalue weighted by Crippen LogP contribution is 2.49. The normalized spacial score (nSPS) is 18.1. The molecule has 3 aromatic rings. The van der Waals surface area contributed by atoms with Crippen molar-refractivity contribution in [1.82, 2.24) is 4.90 Å². The Bertz CT molecular complexity index is 1250. The van der Waals surface area contributed by atoms with Crippen molar-refractivity contribution in [2.24, 2.45) is 5.92 Å². The smallest absolute Gasteiger partial charge is 0.150 e. The third-order valence-electron chi connectivity index (χ3n) is 6.63. The number of nitrogens with zero attached hydrogens (tertiary/aromatic N) is 1. The fourth-order valence-corrected chi connectivity index (χ4v) is 4.95. The molecule has 0 saturated carbocycles. The molecule has 5 nitrogen and oxygen atoms in total. The molecule has 1 fully saturated rings. The number of hydrogen-bond acceptors (Lipinski definition) is 5. The number of hydrogen-bond donors (Lipinski definition) is 2. The standard InChI is InChI=1S/C28H27ClFNO4/c1-17-23-12-21(33)5-9-26(23)35-28(27(17)24-13-20(32)4-8-25(24)29)19-2-6-22(7-3-19)34-11-10-31-15-18(14-30)16-31/h2-9,12-13,18,28,32-33H,10-11,14-16H2,1H3/t28-/m1/s1. The van der Waals surface area contributed by atoms with Crippen LogP contribution in [0.15, 0.2) is 60.7 Å². The van der Waals surface area contributed by atoms with Gasteiger partial charge in [0.05, 0.1) is 6.67 Å². The fraction of sp³-hybridized carbons (Fsp3) is 0.286. The molecule has 0 bridgehead atoms. The zero-order chi connectivity index (χ0) is 24.5. The van der Waals surface area contributed by atoms with E-state index in [1.807, 2.05) is 31.2 Å². The zero-order valence-electron chi connectivity index (χ0n) is 19.4. The number of allylic oxidation sites excluding steroid dienone is 1. The van der Waals surface area contributed by atoms with Crippen molar-refractivity contribution < 1.29 is 24.1 Å². The molecule has 0 spiro atoms. The van der Waals surface area contributed by atoms with Crippen molar-refractivity contribution >= 4 is 22.7 Å². The summed E-state index contributed by atoms with van der Waals surface area (Å²) in [5, 5.41) is 20.7. The molecule has 1 saturated heterocycles. The first kappa shape index (κ1) is 23.5. The number of fused-ring (bicyclic) bond motifs is 1. The van der Waals surface area contributed by atoms with Gasteiger partial charge < -0.3 is 19.7 Å². The van der Waals surface area contributed by atoms with Crippen molar-refractivity contribution in [2.45, 2.75) is 13.0 Å². The van der Waals surface area contributed by atoms with Crippen LogP contribution in [0, 0.1) is 5.92 Å². The lowest BCUT2D eigenvalue weighted by atomic mass is 9.86. The van der Waals surface area contributed by atoms with Crippen molar-refractivity contribution in [3.05, 3.63) is 82.4 Å². The first-order chi connectivity index (χ1) is 16.9. The average molecular weight is 496 g/mol. The highest BCUT2D eigenvalue weighted by Gasteiger charge is 2.31. The van der Waals surface area contributed by atoms with Crippen molar-refractivity contribution in [3.63, 3.8) is 0 Å². The molecule has 0 amide bonds. The number of phenolic OH excluding ortho intramolecular Hbond substituents is 2. The Balaban J connectivity index is 1.41. The molecule has 2 N–H and O–H groups in total. The molecule has 5 rings (SSSR count). The Morgan fingerprint density at radius 1 is 1.00 bits per heavy atom. The van der Waals surface area contributed by atoms with E-state index in [2.05, 4.69) is 4.90 Å². The van der Waals surface area contributed by atoms with Gasteiger partial charge in [-0.2, -0.15) is 0 Å². The molecule has 0 aromatic heterocycles. The Morgan fingerprint density at radius 3 is 2.40 bits per heavy atom. The number of alkyl halides is 1. The maximum Gasteiger partial charge on any atom is 0.150 e. The van der Waals surface area contributed by atoms with Gasteiger partial charge >= 0.3 is 0 Å². The van der Waals surface area contributed by atoms with Crippen LogP contribution in [0.2, 0.25) is 5.02 Å². The minimum absolute atomic E-state index is 0.106. The molecule has 7 heteroatoms. The van der Waals surface area contributed by atoms with Gasteiger partial charge in [-0.25, -0.2) is 0 Å². The lowest BCUT2D eigenvalue weighted by molar-refractivity contribution is 0.0668. The van der Waals surface area contributed by atoms with Crippen molar-refractivity contribution in [1.29, 1.82) is 0 Å². The minimum Gasteiger partial charge on any atom is -0.508 e. The number of likely N-dealkylation sites (tertiary alicyclic amines) is 1. The van der Waals surface area contributed by atoms with E-state index < -0.39 is 6.10 Å². The SMILES string of the molecule is CC1=C(c2cc(O)ccc2Cl)[C@@H](c2ccc(OCCN3CC(CF)C3)cc2)Oc2ccc(O)cc21. The first-order valence-electron chi connectivity index (χ1n) is 11.6. The van der Waals surface area contributed by atoms with Crippen LogP contribution in [0.25, 0.3) is 11.1 Å². The Labute approximate surface area is 209 Å². The number of ether oxygens (including phenoxy) is 2. The monoisotopic (exact) mass is 495 g/mol. The fourth-order valence-electron chi connectivity index (χ4n) is 4.73. The second-order valence-electron chi connectivity index (χ2n) is 9.08. The van der Waals surface area contributed by atoms with E-state index >= 15 is 0 Å². The van der Waals surface area contributed by atoms with Gasteiger partial charge in [-0.05, 0) is 66.6 Å². The third kappa shape index (κ3) is 4.81. The van der Waals surface area contributed by atoms with Gasteiger partial charge in [0.25, 0.3) is 0 Å². The number of benzene rings is 3. The predicted molar refractivity (Wildman–Crippen MR) is 135 cm³/mol. The van der Waals surface area contributed by atoms with E-state index in [4.69, 9.17) is 21.1 Å². The number of phenols is 2. The predicted octanol–water partition coefficient (Wildman–Crippen LogP) is 6.10. The lowest BCUT2D eigenvalue weighted by Gasteiger charge is -2.37. The minimum atomic E-state index is -0.473. The number of rotatable bonds is 7. The molecule has 2 aliphatic heterocycles. The first-order valence-corrected chi connectivity index (χ1v) is 12.0. The second kappa shape index (κ2) is 9.80. The summed E-state index contributed by atoms with van der Waals surface area (Å²) in [5.74, 6) is 1.83. The van der Waals surface area contributed by atoms with Crippen LogP contribution in [-0.2, 0) is 0 Å². The van der Waals surface area contributed by atoms with Crippen LogP contribution in [0.3, 0.4) is 0 Å². The quantitative estimate of drug-likeness (QED) is 0.415. The second-order valence-corrected chi connectivity index (χ2v) is 9.49. The van der Waals surface area contributed by atoms with E-state index in [-0.39, 0.29) is 24.1 Å². The van der Waals surface area contributed by atoms with E-state index in [0.29, 0.717) is 22.9 Å². The van der Waals surface area contributed by atoms with Gasteiger partial charge in [-0.15, -0.1) is 0 Å².